The van der Waals surface area contributed by atoms with Crippen LogP contribution in [0.15, 0.2) is 0 Å². The van der Waals surface area contributed by atoms with E-state index in [0.717, 1.165) is 18.4 Å². The Balaban J connectivity index is 1.88. The zero-order valence-corrected chi connectivity index (χ0v) is 10.8. The molecule has 1 aliphatic heterocycles. The monoisotopic (exact) mass is 223 g/mol. The molecule has 3 aliphatic rings. The van der Waals surface area contributed by atoms with Crippen LogP contribution in [0.1, 0.15) is 64.7 Å². The predicted octanol–water partition coefficient (Wildman–Crippen LogP) is 2.41. The molecule has 2 saturated carbocycles. The molecule has 1 unspecified atom stereocenters. The van der Waals surface area contributed by atoms with E-state index in [9.17, 15) is 0 Å². The third kappa shape index (κ3) is 1.81. The highest BCUT2D eigenvalue weighted by Gasteiger charge is 2.46. The Bertz CT molecular complexity index is 256. The van der Waals surface area contributed by atoms with Crippen LogP contribution < -0.4 is 4.89 Å². The van der Waals surface area contributed by atoms with Gasteiger partial charge in [0.1, 0.15) is 0 Å². The normalized spacial score (nSPS) is 53.7. The second-order valence-electron chi connectivity index (χ2n) is 6.29. The molecule has 0 bridgehead atoms. The van der Waals surface area contributed by atoms with Crippen LogP contribution in [0.2, 0.25) is 1.41 Å². The van der Waals surface area contributed by atoms with Gasteiger partial charge < -0.3 is 4.89 Å². The largest absolute Gasteiger partial charge is 0.348 e. The summed E-state index contributed by atoms with van der Waals surface area (Å²) in [4.78, 5) is 0.690. The van der Waals surface area contributed by atoms with Crippen molar-refractivity contribution in [3.8, 4) is 0 Å². The fourth-order valence-electron chi connectivity index (χ4n) is 4.90. The Kier molecular flexibility index (Phi) is 2.91. The smallest absolute Gasteiger partial charge is 0.330 e. The molecule has 3 rings (SSSR count). The van der Waals surface area contributed by atoms with Crippen LogP contribution in [0.5, 0.6) is 0 Å². The fraction of sp³-hybridized carbons (Fsp3) is 1.00. The summed E-state index contributed by atoms with van der Waals surface area (Å²) in [6.07, 6.45) is 12.6. The fourth-order valence-corrected chi connectivity index (χ4v) is 4.90. The van der Waals surface area contributed by atoms with E-state index >= 15 is 0 Å². The zero-order chi connectivity index (χ0) is 11.9. The Morgan fingerprint density at radius 3 is 1.94 bits per heavy atom. The van der Waals surface area contributed by atoms with E-state index in [1.807, 2.05) is 0 Å². The molecule has 0 aromatic carbocycles. The zero-order valence-electron chi connectivity index (χ0n) is 11.8. The first-order chi connectivity index (χ1) is 8.25. The first-order valence-corrected chi connectivity index (χ1v) is 7.66. The summed E-state index contributed by atoms with van der Waals surface area (Å²) in [5.41, 5.74) is 0. The van der Waals surface area contributed by atoms with Crippen molar-refractivity contribution in [2.75, 3.05) is 6.54 Å². The molecule has 3 fully saturated rings. The van der Waals surface area contributed by atoms with Crippen LogP contribution in [-0.4, -0.2) is 18.6 Å². The average molecular weight is 223 g/mol. The number of quaternary nitrogens is 1. The maximum atomic E-state index is 9.06. The van der Waals surface area contributed by atoms with E-state index in [2.05, 4.69) is 6.92 Å². The summed E-state index contributed by atoms with van der Waals surface area (Å²) < 4.78 is 9.06. The summed E-state index contributed by atoms with van der Waals surface area (Å²) >= 11 is 0. The van der Waals surface area contributed by atoms with Crippen LogP contribution in [0.4, 0.5) is 0 Å². The van der Waals surface area contributed by atoms with E-state index in [0.29, 0.717) is 17.0 Å². The van der Waals surface area contributed by atoms with Crippen molar-refractivity contribution in [1.29, 1.82) is 0 Å². The van der Waals surface area contributed by atoms with Gasteiger partial charge in [-0.15, -0.1) is 0 Å². The molecule has 1 nitrogen and oxygen atoms in total. The summed E-state index contributed by atoms with van der Waals surface area (Å²) in [5.74, 6) is 1.78. The molecule has 1 heteroatoms. The van der Waals surface area contributed by atoms with Crippen molar-refractivity contribution < 1.29 is 6.30 Å². The molecule has 1 heterocycles. The highest BCUT2D eigenvalue weighted by atomic mass is 15.2. The van der Waals surface area contributed by atoms with Crippen LogP contribution in [0.25, 0.3) is 0 Å². The highest BCUT2D eigenvalue weighted by Crippen LogP contribution is 2.37. The van der Waals surface area contributed by atoms with Crippen molar-refractivity contribution in [3.63, 3.8) is 0 Å². The first-order valence-electron chi connectivity index (χ1n) is 8.10. The number of piperidine rings is 1. The lowest BCUT2D eigenvalue weighted by molar-refractivity contribution is -0.964. The molecule has 0 aromatic heterocycles. The topological polar surface area (TPSA) is 4.44 Å². The summed E-state index contributed by atoms with van der Waals surface area (Å²) in [5, 5.41) is 0. The Hall–Kier alpha value is -0.0400. The van der Waals surface area contributed by atoms with Gasteiger partial charge in [0.25, 0.3) is 0 Å². The predicted molar refractivity (Wildman–Crippen MR) is 67.6 cm³/mol. The minimum absolute atomic E-state index is 0.688. The van der Waals surface area contributed by atoms with Crippen molar-refractivity contribution in [3.05, 3.63) is 0 Å². The van der Waals surface area contributed by atoms with Gasteiger partial charge in [-0.3, -0.25) is 0 Å². The Morgan fingerprint density at radius 2 is 1.44 bits per heavy atom. The van der Waals surface area contributed by atoms with E-state index < -0.39 is 0 Å². The standard InChI is InChI=1S/C15H27N/c1-2-16-14-9-5-3-7-12(14)11-13-8-4-6-10-15(13)16/h12-15H,2-11H2,1H3/p+1/t12-,13+,14+,15-/i/hD. The third-order valence-corrected chi connectivity index (χ3v) is 5.56. The second-order valence-corrected chi connectivity index (χ2v) is 6.29. The summed E-state index contributed by atoms with van der Waals surface area (Å²) in [7, 11) is 0. The molecule has 5 atom stereocenters. The van der Waals surface area contributed by atoms with Gasteiger partial charge in [0, 0.05) is 11.8 Å². The molecular weight excluding hydrogens is 194 g/mol. The Labute approximate surface area is 102 Å². The molecule has 0 radical (unpaired) electrons. The van der Waals surface area contributed by atoms with Gasteiger partial charge in [-0.25, -0.2) is 0 Å². The van der Waals surface area contributed by atoms with E-state index in [4.69, 9.17) is 1.41 Å². The third-order valence-electron chi connectivity index (χ3n) is 5.56. The number of hydrogen-bond acceptors (Lipinski definition) is 0. The summed E-state index contributed by atoms with van der Waals surface area (Å²) in [6, 6.07) is 1.38. The molecule has 2 aliphatic carbocycles. The lowest BCUT2D eigenvalue weighted by Gasteiger charge is -2.50. The van der Waals surface area contributed by atoms with Gasteiger partial charge in [0.2, 0.25) is 0 Å². The van der Waals surface area contributed by atoms with Gasteiger partial charge >= 0.3 is 1.41 Å². The second kappa shape index (κ2) is 4.68. The van der Waals surface area contributed by atoms with Gasteiger partial charge in [0.05, 0.1) is 18.6 Å². The van der Waals surface area contributed by atoms with Crippen LogP contribution in [-0.2, 0) is 0 Å². The molecule has 0 amide bonds. The number of fused-ring (bicyclic) bond motifs is 2. The van der Waals surface area contributed by atoms with Crippen molar-refractivity contribution in [2.45, 2.75) is 76.8 Å². The maximum Gasteiger partial charge on any atom is 0.348 e. The first kappa shape index (κ1) is 9.94. The molecule has 92 valence electrons. The SMILES string of the molecule is [2H][N+]1(CC)[C@@H]2CCCC[C@H]2C[C@H]2CCCC[C@@H]21. The van der Waals surface area contributed by atoms with E-state index in [1.54, 1.807) is 0 Å². The van der Waals surface area contributed by atoms with Crippen molar-refractivity contribution in [2.24, 2.45) is 11.8 Å². The van der Waals surface area contributed by atoms with Crippen LogP contribution >= 0.6 is 0 Å². The van der Waals surface area contributed by atoms with Crippen molar-refractivity contribution in [1.82, 2.24) is 0 Å². The Morgan fingerprint density at radius 1 is 0.938 bits per heavy atom. The molecule has 0 spiro atoms. The number of hydrogen-bond donors (Lipinski definition) is 1. The average Bonchev–Trinajstić information content (AvgIpc) is 2.39. The van der Waals surface area contributed by atoms with Crippen molar-refractivity contribution >= 4 is 0 Å². The molecule has 0 aromatic rings. The minimum Gasteiger partial charge on any atom is -0.330 e. The maximum absolute atomic E-state index is 9.06. The molecule has 1 saturated heterocycles. The molecule has 1 N–H and O–H groups in total. The van der Waals surface area contributed by atoms with Crippen LogP contribution in [0.3, 0.4) is 0 Å². The lowest BCUT2D eigenvalue weighted by atomic mass is 9.68. The number of likely N-dealkylation sites (tertiary alicyclic amines) is 1. The van der Waals surface area contributed by atoms with E-state index in [-0.39, 0.29) is 0 Å². The van der Waals surface area contributed by atoms with Gasteiger partial charge in [-0.2, -0.15) is 0 Å². The number of rotatable bonds is 1. The van der Waals surface area contributed by atoms with Crippen LogP contribution in [0, 0.1) is 11.8 Å². The van der Waals surface area contributed by atoms with Gasteiger partial charge in [0.15, 0.2) is 0 Å². The summed E-state index contributed by atoms with van der Waals surface area (Å²) in [6.45, 7) is 3.30. The van der Waals surface area contributed by atoms with E-state index in [1.165, 1.54) is 57.8 Å². The number of nitrogens with one attached hydrogen (secondary N) is 1. The highest BCUT2D eigenvalue weighted by molar-refractivity contribution is 4.87. The minimum atomic E-state index is 0.688. The lowest BCUT2D eigenvalue weighted by Crippen LogP contribution is -3.21. The van der Waals surface area contributed by atoms with Gasteiger partial charge in [-0.1, -0.05) is 12.8 Å². The quantitative estimate of drug-likeness (QED) is 0.696. The molecule has 16 heavy (non-hydrogen) atoms. The molecular formula is C15H28N+. The van der Waals surface area contributed by atoms with Gasteiger partial charge in [-0.05, 0) is 51.9 Å².